The largest absolute Gasteiger partial charge is 0.488 e. The van der Waals surface area contributed by atoms with Crippen LogP contribution < -0.4 is 10.5 Å². The summed E-state index contributed by atoms with van der Waals surface area (Å²) in [5, 5.41) is 8.58. The van der Waals surface area contributed by atoms with Crippen LogP contribution in [0.1, 0.15) is 19.3 Å². The molecule has 1 fully saturated rings. The second kappa shape index (κ2) is 5.14. The summed E-state index contributed by atoms with van der Waals surface area (Å²) in [5.41, 5.74) is 9.06. The lowest BCUT2D eigenvalue weighted by atomic mass is 10.1. The molecule has 0 aliphatic heterocycles. The van der Waals surface area contributed by atoms with E-state index < -0.39 is 0 Å². The van der Waals surface area contributed by atoms with Gasteiger partial charge in [0.1, 0.15) is 17.4 Å². The van der Waals surface area contributed by atoms with E-state index in [1.54, 1.807) is 10.9 Å². The van der Waals surface area contributed by atoms with Gasteiger partial charge in [-0.1, -0.05) is 0 Å². The van der Waals surface area contributed by atoms with Gasteiger partial charge in [-0.3, -0.25) is 4.68 Å². The number of nitrogens with two attached hydrogens (primary N) is 1. The summed E-state index contributed by atoms with van der Waals surface area (Å²) in [6.45, 7) is 0. The minimum Gasteiger partial charge on any atom is -0.488 e. The molecule has 22 heavy (non-hydrogen) atoms. The third kappa shape index (κ3) is 2.35. The van der Waals surface area contributed by atoms with Crippen molar-refractivity contribution in [2.24, 2.45) is 12.8 Å². The highest BCUT2D eigenvalue weighted by Crippen LogP contribution is 2.31. The molecule has 2 atom stereocenters. The number of nitrogens with zero attached hydrogens (tertiary/aromatic N) is 4. The van der Waals surface area contributed by atoms with E-state index in [0.717, 1.165) is 41.7 Å². The summed E-state index contributed by atoms with van der Waals surface area (Å²) < 4.78 is 9.86. The third-order valence-electron chi connectivity index (χ3n) is 4.23. The van der Waals surface area contributed by atoms with Gasteiger partial charge in [0.25, 0.3) is 0 Å². The molecule has 0 bridgehead atoms. The van der Waals surface area contributed by atoms with Gasteiger partial charge in [-0.15, -0.1) is 0 Å². The molecule has 0 amide bonds. The van der Waals surface area contributed by atoms with Crippen molar-refractivity contribution in [1.82, 2.24) is 19.4 Å². The molecule has 3 heterocycles. The molecule has 3 aromatic heterocycles. The SMILES string of the molecule is Cn1cc(-c2cc(OC3CCC(N)C3)c3ccnn3c2)cn1. The molecule has 0 spiro atoms. The van der Waals surface area contributed by atoms with Crippen LogP contribution in [-0.2, 0) is 7.05 Å². The van der Waals surface area contributed by atoms with E-state index in [2.05, 4.69) is 16.3 Å². The fourth-order valence-corrected chi connectivity index (χ4v) is 3.08. The number of aryl methyl sites for hydroxylation is 1. The summed E-state index contributed by atoms with van der Waals surface area (Å²) in [5.74, 6) is 0.859. The summed E-state index contributed by atoms with van der Waals surface area (Å²) >= 11 is 0. The molecule has 114 valence electrons. The topological polar surface area (TPSA) is 70.4 Å². The molecule has 6 nitrogen and oxygen atoms in total. The number of ether oxygens (including phenoxy) is 1. The van der Waals surface area contributed by atoms with E-state index in [1.807, 2.05) is 36.2 Å². The zero-order valence-corrected chi connectivity index (χ0v) is 12.5. The van der Waals surface area contributed by atoms with Crippen LogP contribution >= 0.6 is 0 Å². The Morgan fingerprint density at radius 3 is 2.86 bits per heavy atom. The Bertz CT molecular complexity index is 806. The first kappa shape index (κ1) is 13.3. The van der Waals surface area contributed by atoms with Gasteiger partial charge in [0.2, 0.25) is 0 Å². The number of rotatable bonds is 3. The van der Waals surface area contributed by atoms with Crippen molar-refractivity contribution in [3.8, 4) is 16.9 Å². The van der Waals surface area contributed by atoms with E-state index in [4.69, 9.17) is 10.5 Å². The number of pyridine rings is 1. The first-order valence-electron chi connectivity index (χ1n) is 7.58. The molecule has 0 saturated heterocycles. The van der Waals surface area contributed by atoms with Crippen molar-refractivity contribution in [3.63, 3.8) is 0 Å². The Hall–Kier alpha value is -2.34. The van der Waals surface area contributed by atoms with Crippen LogP contribution in [0.25, 0.3) is 16.6 Å². The lowest BCUT2D eigenvalue weighted by Crippen LogP contribution is -2.19. The average Bonchev–Trinajstić information content (AvgIpc) is 3.20. The van der Waals surface area contributed by atoms with Crippen LogP contribution in [0.15, 0.2) is 36.9 Å². The second-order valence-corrected chi connectivity index (χ2v) is 5.97. The fourth-order valence-electron chi connectivity index (χ4n) is 3.08. The minimum absolute atomic E-state index is 0.192. The lowest BCUT2D eigenvalue weighted by Gasteiger charge is -2.15. The maximum atomic E-state index is 6.22. The number of aromatic nitrogens is 4. The summed E-state index contributed by atoms with van der Waals surface area (Å²) in [4.78, 5) is 0. The maximum absolute atomic E-state index is 6.22. The molecule has 1 saturated carbocycles. The van der Waals surface area contributed by atoms with Gasteiger partial charge in [0.05, 0.1) is 12.4 Å². The summed E-state index contributed by atoms with van der Waals surface area (Å²) in [6, 6.07) is 4.29. The van der Waals surface area contributed by atoms with Crippen molar-refractivity contribution in [2.45, 2.75) is 31.4 Å². The molecule has 4 rings (SSSR count). The highest BCUT2D eigenvalue weighted by Gasteiger charge is 2.24. The van der Waals surface area contributed by atoms with Crippen LogP contribution in [0.3, 0.4) is 0 Å². The second-order valence-electron chi connectivity index (χ2n) is 5.97. The zero-order chi connectivity index (χ0) is 15.1. The smallest absolute Gasteiger partial charge is 0.146 e. The predicted molar refractivity (Wildman–Crippen MR) is 83.6 cm³/mol. The Kier molecular flexibility index (Phi) is 3.11. The van der Waals surface area contributed by atoms with Gasteiger partial charge in [-0.05, 0) is 31.4 Å². The molecule has 1 aliphatic rings. The highest BCUT2D eigenvalue weighted by molar-refractivity contribution is 5.70. The summed E-state index contributed by atoms with van der Waals surface area (Å²) in [7, 11) is 1.91. The highest BCUT2D eigenvalue weighted by atomic mass is 16.5. The standard InChI is InChI=1S/C16H19N5O/c1-20-9-12(8-19-20)11-6-16(15-4-5-18-21(15)10-11)22-14-3-2-13(17)7-14/h4-6,8-10,13-14H,2-3,7,17H2,1H3. The zero-order valence-electron chi connectivity index (χ0n) is 12.5. The van der Waals surface area contributed by atoms with Crippen LogP contribution in [0.2, 0.25) is 0 Å². The minimum atomic E-state index is 0.192. The molecule has 6 heteroatoms. The Morgan fingerprint density at radius 2 is 2.14 bits per heavy atom. The third-order valence-corrected chi connectivity index (χ3v) is 4.23. The molecule has 2 N–H and O–H groups in total. The molecular weight excluding hydrogens is 278 g/mol. The molecular formula is C16H19N5O. The van der Waals surface area contributed by atoms with Gasteiger partial charge >= 0.3 is 0 Å². The molecule has 0 aromatic carbocycles. The van der Waals surface area contributed by atoms with Crippen molar-refractivity contribution >= 4 is 5.52 Å². The van der Waals surface area contributed by atoms with Crippen LogP contribution in [0, 0.1) is 0 Å². The van der Waals surface area contributed by atoms with Crippen molar-refractivity contribution in [2.75, 3.05) is 0 Å². The van der Waals surface area contributed by atoms with Gasteiger partial charge in [0, 0.05) is 36.6 Å². The average molecular weight is 297 g/mol. The Morgan fingerprint density at radius 1 is 1.23 bits per heavy atom. The first-order chi connectivity index (χ1) is 10.7. The van der Waals surface area contributed by atoms with Gasteiger partial charge in [-0.2, -0.15) is 10.2 Å². The molecule has 3 aromatic rings. The monoisotopic (exact) mass is 297 g/mol. The van der Waals surface area contributed by atoms with Crippen molar-refractivity contribution < 1.29 is 4.74 Å². The number of hydrogen-bond acceptors (Lipinski definition) is 4. The van der Waals surface area contributed by atoms with E-state index in [-0.39, 0.29) is 12.1 Å². The van der Waals surface area contributed by atoms with Gasteiger partial charge < -0.3 is 10.5 Å². The molecule has 1 aliphatic carbocycles. The normalized spacial score (nSPS) is 21.5. The van der Waals surface area contributed by atoms with Crippen molar-refractivity contribution in [3.05, 3.63) is 36.9 Å². The molecule has 2 unspecified atom stereocenters. The fraction of sp³-hybridized carbons (Fsp3) is 0.375. The maximum Gasteiger partial charge on any atom is 0.146 e. The van der Waals surface area contributed by atoms with E-state index in [0.29, 0.717) is 0 Å². The lowest BCUT2D eigenvalue weighted by molar-refractivity contribution is 0.210. The van der Waals surface area contributed by atoms with Gasteiger partial charge in [0.15, 0.2) is 0 Å². The Labute approximate surface area is 128 Å². The predicted octanol–water partition coefficient (Wildman–Crippen LogP) is 1.99. The van der Waals surface area contributed by atoms with Crippen LogP contribution in [0.5, 0.6) is 5.75 Å². The van der Waals surface area contributed by atoms with Crippen molar-refractivity contribution in [1.29, 1.82) is 0 Å². The quantitative estimate of drug-likeness (QED) is 0.802. The van der Waals surface area contributed by atoms with Crippen LogP contribution in [-0.4, -0.2) is 31.5 Å². The van der Waals surface area contributed by atoms with E-state index in [1.165, 1.54) is 0 Å². The van der Waals surface area contributed by atoms with E-state index in [9.17, 15) is 0 Å². The van der Waals surface area contributed by atoms with Crippen LogP contribution in [0.4, 0.5) is 0 Å². The first-order valence-corrected chi connectivity index (χ1v) is 7.58. The summed E-state index contributed by atoms with van der Waals surface area (Å²) in [6.07, 6.45) is 10.8. The van der Waals surface area contributed by atoms with E-state index >= 15 is 0 Å². The number of hydrogen-bond donors (Lipinski definition) is 1. The molecule has 0 radical (unpaired) electrons. The Balaban J connectivity index is 1.74. The van der Waals surface area contributed by atoms with Gasteiger partial charge in [-0.25, -0.2) is 4.52 Å². The number of fused-ring (bicyclic) bond motifs is 1.